The van der Waals surface area contributed by atoms with Gasteiger partial charge >= 0.3 is 0 Å². The molecular weight excluding hydrogens is 532 g/mol. The molecule has 0 saturated carbocycles. The summed E-state index contributed by atoms with van der Waals surface area (Å²) in [6.45, 7) is 9.39. The van der Waals surface area contributed by atoms with E-state index in [-0.39, 0.29) is 11.1 Å². The van der Waals surface area contributed by atoms with Gasteiger partial charge in [-0.05, 0) is 73.0 Å². The van der Waals surface area contributed by atoms with Gasteiger partial charge in [0.05, 0.1) is 16.7 Å². The van der Waals surface area contributed by atoms with Crippen molar-refractivity contribution in [3.05, 3.63) is 68.3 Å². The molecule has 5 rings (SSSR count). The molecule has 11 heteroatoms. The van der Waals surface area contributed by atoms with Gasteiger partial charge in [-0.1, -0.05) is 20.8 Å². The highest BCUT2D eigenvalue weighted by Gasteiger charge is 2.32. The van der Waals surface area contributed by atoms with Crippen LogP contribution in [0.5, 0.6) is 0 Å². The Balaban J connectivity index is 1.50. The topological polar surface area (TPSA) is 123 Å². The summed E-state index contributed by atoms with van der Waals surface area (Å²) in [7, 11) is 0. The molecule has 0 fully saturated rings. The zero-order valence-corrected chi connectivity index (χ0v) is 23.8. The number of aliphatic imine (C=N–C) groups is 1. The maximum absolute atomic E-state index is 11.6. The van der Waals surface area contributed by atoms with Crippen molar-refractivity contribution in [3.8, 4) is 17.7 Å². The van der Waals surface area contributed by atoms with E-state index in [9.17, 15) is 15.4 Å². The molecule has 0 spiro atoms. The zero-order chi connectivity index (χ0) is 27.7. The van der Waals surface area contributed by atoms with Crippen molar-refractivity contribution < 1.29 is 9.34 Å². The smallest absolute Gasteiger partial charge is 0.270 e. The average molecular weight is 561 g/mol. The van der Waals surface area contributed by atoms with Crippen molar-refractivity contribution >= 4 is 40.0 Å². The Bertz CT molecular complexity index is 1590. The average Bonchev–Trinajstić information content (AvgIpc) is 3.65. The number of aromatic nitrogens is 3. The molecule has 0 aliphatic heterocycles. The number of hydrogen-bond donors (Lipinski definition) is 0. The second-order valence-electron chi connectivity index (χ2n) is 10.5. The number of thiophene rings is 1. The van der Waals surface area contributed by atoms with Gasteiger partial charge in [-0.3, -0.25) is 14.7 Å². The number of nitriles is 1. The Hall–Kier alpha value is -3.75. The highest BCUT2D eigenvalue weighted by molar-refractivity contribution is 7.99. The summed E-state index contributed by atoms with van der Waals surface area (Å²) >= 11 is 2.91. The minimum absolute atomic E-state index is 0.0342. The van der Waals surface area contributed by atoms with Crippen molar-refractivity contribution in [3.63, 3.8) is 0 Å². The lowest BCUT2D eigenvalue weighted by molar-refractivity contribution is -0.384. The van der Waals surface area contributed by atoms with E-state index in [4.69, 9.17) is 9.41 Å². The van der Waals surface area contributed by atoms with Crippen LogP contribution in [-0.4, -0.2) is 25.9 Å². The molecule has 39 heavy (non-hydrogen) atoms. The number of furan rings is 1. The van der Waals surface area contributed by atoms with Gasteiger partial charge in [0.25, 0.3) is 5.69 Å². The van der Waals surface area contributed by atoms with E-state index in [1.54, 1.807) is 35.9 Å². The Labute approximate surface area is 234 Å². The summed E-state index contributed by atoms with van der Waals surface area (Å²) in [5.74, 6) is 1.77. The summed E-state index contributed by atoms with van der Waals surface area (Å²) in [6, 6.07) is 10.6. The van der Waals surface area contributed by atoms with Gasteiger partial charge in [-0.2, -0.15) is 5.26 Å². The standard InChI is InChI=1S/C28H28N6O3S2/c1-5-33-25(22-7-6-12-37-22)31-32-27(33)39-23-11-9-19(34(35)36)13-17(23)16-30-26-21(15-29)20-10-8-18(28(2,3)4)14-24(20)38-26/h6-7,9,11-13,16,18H,5,8,10,14H2,1-4H3/t18-/m0/s1. The molecule has 3 heterocycles. The third kappa shape index (κ3) is 5.40. The van der Waals surface area contributed by atoms with E-state index in [1.807, 2.05) is 17.6 Å². The highest BCUT2D eigenvalue weighted by Crippen LogP contribution is 2.45. The van der Waals surface area contributed by atoms with Crippen LogP contribution >= 0.6 is 23.1 Å². The van der Waals surface area contributed by atoms with E-state index in [1.165, 1.54) is 28.8 Å². The first-order valence-electron chi connectivity index (χ1n) is 12.7. The molecule has 3 aromatic heterocycles. The fourth-order valence-electron chi connectivity index (χ4n) is 4.82. The van der Waals surface area contributed by atoms with Crippen LogP contribution in [0.25, 0.3) is 11.6 Å². The summed E-state index contributed by atoms with van der Waals surface area (Å²) in [6.07, 6.45) is 6.07. The van der Waals surface area contributed by atoms with Crippen molar-refractivity contribution in [2.24, 2.45) is 16.3 Å². The molecule has 4 aromatic rings. The highest BCUT2D eigenvalue weighted by atomic mass is 32.2. The van der Waals surface area contributed by atoms with Crippen LogP contribution in [0.3, 0.4) is 0 Å². The third-order valence-electron chi connectivity index (χ3n) is 7.08. The van der Waals surface area contributed by atoms with E-state index in [0.29, 0.717) is 45.3 Å². The molecule has 1 aliphatic carbocycles. The first-order valence-corrected chi connectivity index (χ1v) is 14.3. The fourth-order valence-corrected chi connectivity index (χ4v) is 7.02. The van der Waals surface area contributed by atoms with Crippen molar-refractivity contribution in [2.45, 2.75) is 63.6 Å². The Kier molecular flexibility index (Phi) is 7.42. The van der Waals surface area contributed by atoms with Crippen LogP contribution in [0.4, 0.5) is 10.7 Å². The summed E-state index contributed by atoms with van der Waals surface area (Å²) < 4.78 is 7.44. The summed E-state index contributed by atoms with van der Waals surface area (Å²) in [4.78, 5) is 17.8. The number of nitrogens with zero attached hydrogens (tertiary/aromatic N) is 6. The minimum Gasteiger partial charge on any atom is -0.461 e. The maximum atomic E-state index is 11.6. The van der Waals surface area contributed by atoms with Crippen LogP contribution in [0.15, 0.2) is 56.1 Å². The third-order valence-corrected chi connectivity index (χ3v) is 9.32. The second kappa shape index (κ2) is 10.8. The van der Waals surface area contributed by atoms with E-state index in [0.717, 1.165) is 29.7 Å². The molecule has 1 aromatic carbocycles. The quantitative estimate of drug-likeness (QED) is 0.131. The monoisotopic (exact) mass is 560 g/mol. The van der Waals surface area contributed by atoms with Crippen molar-refractivity contribution in [1.82, 2.24) is 14.8 Å². The lowest BCUT2D eigenvalue weighted by Crippen LogP contribution is -2.26. The minimum atomic E-state index is -0.424. The zero-order valence-electron chi connectivity index (χ0n) is 22.2. The van der Waals surface area contributed by atoms with Crippen LogP contribution in [0.1, 0.15) is 55.7 Å². The second-order valence-corrected chi connectivity index (χ2v) is 12.6. The lowest BCUT2D eigenvalue weighted by Gasteiger charge is -2.33. The van der Waals surface area contributed by atoms with Crippen molar-refractivity contribution in [1.29, 1.82) is 5.26 Å². The molecule has 0 N–H and O–H groups in total. The molecular formula is C28H28N6O3S2. The first-order chi connectivity index (χ1) is 18.7. The van der Waals surface area contributed by atoms with E-state index >= 15 is 0 Å². The van der Waals surface area contributed by atoms with Crippen molar-refractivity contribution in [2.75, 3.05) is 0 Å². The molecule has 200 valence electrons. The maximum Gasteiger partial charge on any atom is 0.270 e. The Morgan fingerprint density at radius 1 is 1.36 bits per heavy atom. The Morgan fingerprint density at radius 3 is 2.85 bits per heavy atom. The number of benzene rings is 1. The van der Waals surface area contributed by atoms with Gasteiger partial charge in [0.15, 0.2) is 16.7 Å². The molecule has 0 amide bonds. The number of nitro benzene ring substituents is 1. The normalized spacial score (nSPS) is 15.4. The molecule has 0 radical (unpaired) electrons. The summed E-state index contributed by atoms with van der Waals surface area (Å²) in [5, 5.41) is 31.4. The number of non-ortho nitro benzene ring substituents is 1. The van der Waals surface area contributed by atoms with E-state index < -0.39 is 4.92 Å². The van der Waals surface area contributed by atoms with Gasteiger partial charge in [-0.25, -0.2) is 4.99 Å². The van der Waals surface area contributed by atoms with E-state index in [2.05, 4.69) is 37.0 Å². The molecule has 0 unspecified atom stereocenters. The van der Waals surface area contributed by atoms with Crippen LogP contribution in [0, 0.1) is 32.8 Å². The number of rotatable bonds is 7. The van der Waals surface area contributed by atoms with Gasteiger partial charge in [0.1, 0.15) is 11.1 Å². The molecule has 0 bridgehead atoms. The van der Waals surface area contributed by atoms with Gasteiger partial charge in [0.2, 0.25) is 0 Å². The number of nitro groups is 1. The summed E-state index contributed by atoms with van der Waals surface area (Å²) in [5.41, 5.74) is 2.45. The first kappa shape index (κ1) is 26.8. The van der Waals surface area contributed by atoms with Crippen LogP contribution < -0.4 is 0 Å². The molecule has 1 aliphatic rings. The molecule has 0 saturated heterocycles. The SMILES string of the molecule is CCn1c(Sc2ccc([N+](=O)[O-])cc2C=Nc2sc3c(c2C#N)CC[C@H](C(C)(C)C)C3)nnc1-c1ccco1. The predicted octanol–water partition coefficient (Wildman–Crippen LogP) is 7.45. The predicted molar refractivity (Wildman–Crippen MR) is 152 cm³/mol. The van der Waals surface area contributed by atoms with Crippen LogP contribution in [-0.2, 0) is 19.4 Å². The molecule has 1 atom stereocenters. The molecule has 9 nitrogen and oxygen atoms in total. The van der Waals surface area contributed by atoms with Gasteiger partial charge in [-0.15, -0.1) is 21.5 Å². The number of fused-ring (bicyclic) bond motifs is 1. The van der Waals surface area contributed by atoms with Gasteiger partial charge < -0.3 is 4.42 Å². The largest absolute Gasteiger partial charge is 0.461 e. The fraction of sp³-hybridized carbons (Fsp3) is 0.357. The Morgan fingerprint density at radius 2 is 2.18 bits per heavy atom. The lowest BCUT2D eigenvalue weighted by atomic mass is 9.72. The van der Waals surface area contributed by atoms with Crippen LogP contribution in [0.2, 0.25) is 0 Å². The number of hydrogen-bond acceptors (Lipinski definition) is 9. The van der Waals surface area contributed by atoms with Gasteiger partial charge in [0, 0.05) is 40.2 Å².